The fourth-order valence-electron chi connectivity index (χ4n) is 3.64. The van der Waals surface area contributed by atoms with Crippen LogP contribution < -0.4 is 10.1 Å². The van der Waals surface area contributed by atoms with E-state index in [0.717, 1.165) is 35.5 Å². The summed E-state index contributed by atoms with van der Waals surface area (Å²) in [6.45, 7) is 2.99. The first-order valence-corrected chi connectivity index (χ1v) is 10.2. The van der Waals surface area contributed by atoms with Gasteiger partial charge in [0.25, 0.3) is 11.8 Å². The van der Waals surface area contributed by atoms with Gasteiger partial charge in [-0.2, -0.15) is 4.98 Å². The van der Waals surface area contributed by atoms with Crippen LogP contribution in [0.1, 0.15) is 27.3 Å². The predicted octanol–water partition coefficient (Wildman–Crippen LogP) is 4.58. The maximum absolute atomic E-state index is 12.5. The average molecular weight is 411 g/mol. The van der Waals surface area contributed by atoms with Gasteiger partial charge in [-0.1, -0.05) is 35.5 Å². The van der Waals surface area contributed by atoms with Gasteiger partial charge in [0, 0.05) is 24.1 Å². The molecule has 0 aliphatic carbocycles. The van der Waals surface area contributed by atoms with Crippen molar-refractivity contribution in [2.75, 3.05) is 6.61 Å². The van der Waals surface area contributed by atoms with E-state index in [1.165, 1.54) is 11.1 Å². The number of aryl methyl sites for hydroxylation is 1. The lowest BCUT2D eigenvalue weighted by Gasteiger charge is -2.08. The highest BCUT2D eigenvalue weighted by Gasteiger charge is 2.13. The largest absolute Gasteiger partial charge is 0.493 e. The predicted molar refractivity (Wildman–Crippen MR) is 117 cm³/mol. The zero-order valence-electron chi connectivity index (χ0n) is 17.1. The third-order valence-electron chi connectivity index (χ3n) is 5.35. The molecule has 0 unspecified atom stereocenters. The lowest BCUT2D eigenvalue weighted by Crippen LogP contribution is -2.22. The molecule has 154 valence electrons. The van der Waals surface area contributed by atoms with E-state index in [0.29, 0.717) is 23.8 Å². The number of nitrogens with zero attached hydrogens (tertiary/aromatic N) is 2. The monoisotopic (exact) mass is 411 g/mol. The lowest BCUT2D eigenvalue weighted by molar-refractivity contribution is 0.0951. The van der Waals surface area contributed by atoms with Crippen molar-refractivity contribution in [3.63, 3.8) is 0 Å². The summed E-state index contributed by atoms with van der Waals surface area (Å²) in [6, 6.07) is 21.7. The highest BCUT2D eigenvalue weighted by molar-refractivity contribution is 5.94. The van der Waals surface area contributed by atoms with Gasteiger partial charge in [0.05, 0.1) is 6.61 Å². The van der Waals surface area contributed by atoms with Crippen LogP contribution in [0, 0.1) is 6.92 Å². The number of amides is 1. The van der Waals surface area contributed by atoms with Crippen molar-refractivity contribution in [2.24, 2.45) is 0 Å². The second kappa shape index (κ2) is 8.07. The van der Waals surface area contributed by atoms with Crippen LogP contribution in [0.4, 0.5) is 0 Å². The van der Waals surface area contributed by atoms with Crippen LogP contribution in [0.5, 0.6) is 5.75 Å². The Hall–Kier alpha value is -3.93. The van der Waals surface area contributed by atoms with Gasteiger partial charge in [-0.25, -0.2) is 0 Å². The smallest absolute Gasteiger partial charge is 0.257 e. The van der Waals surface area contributed by atoms with E-state index >= 15 is 0 Å². The molecule has 1 aliphatic heterocycles. The maximum atomic E-state index is 12.5. The van der Waals surface area contributed by atoms with Crippen molar-refractivity contribution in [3.05, 3.63) is 89.2 Å². The molecule has 0 radical (unpaired) electrons. The topological polar surface area (TPSA) is 77.2 Å². The summed E-state index contributed by atoms with van der Waals surface area (Å²) >= 11 is 0. The number of carbonyl (C=O) groups excluding carboxylic acids is 1. The standard InChI is InChI=1S/C25H21N3O3/c1-16-27-25(31-28-16)20-8-6-19(7-9-20)24(29)26-15-17-2-4-18(5-3-17)21-10-11-23-22(14-21)12-13-30-23/h2-11,14H,12-13,15H2,1H3,(H,26,29). The normalized spacial score (nSPS) is 12.3. The number of ether oxygens (including phenoxy) is 1. The molecule has 6 heteroatoms. The summed E-state index contributed by atoms with van der Waals surface area (Å²) in [4.78, 5) is 16.7. The first kappa shape index (κ1) is 19.1. The first-order chi connectivity index (χ1) is 15.2. The van der Waals surface area contributed by atoms with E-state index in [9.17, 15) is 4.79 Å². The number of hydrogen-bond acceptors (Lipinski definition) is 5. The molecule has 6 nitrogen and oxygen atoms in total. The third-order valence-corrected chi connectivity index (χ3v) is 5.35. The summed E-state index contributed by atoms with van der Waals surface area (Å²) in [7, 11) is 0. The van der Waals surface area contributed by atoms with Crippen molar-refractivity contribution >= 4 is 5.91 Å². The SMILES string of the molecule is Cc1noc(-c2ccc(C(=O)NCc3ccc(-c4ccc5c(c4)CCO5)cc3)cc2)n1. The van der Waals surface area contributed by atoms with Crippen LogP contribution in [-0.4, -0.2) is 22.7 Å². The van der Waals surface area contributed by atoms with E-state index in [2.05, 4.69) is 39.7 Å². The van der Waals surface area contributed by atoms with Crippen LogP contribution in [-0.2, 0) is 13.0 Å². The van der Waals surface area contributed by atoms with Crippen LogP contribution in [0.2, 0.25) is 0 Å². The minimum atomic E-state index is -0.129. The zero-order valence-corrected chi connectivity index (χ0v) is 17.1. The summed E-state index contributed by atoms with van der Waals surface area (Å²) in [6.07, 6.45) is 0.961. The Kier molecular flexibility index (Phi) is 4.96. The molecule has 2 heterocycles. The molecule has 4 aromatic rings. The molecular weight excluding hydrogens is 390 g/mol. The molecule has 0 bridgehead atoms. The quantitative estimate of drug-likeness (QED) is 0.520. The van der Waals surface area contributed by atoms with Gasteiger partial charge in [0.15, 0.2) is 5.82 Å². The maximum Gasteiger partial charge on any atom is 0.257 e. The van der Waals surface area contributed by atoms with Crippen molar-refractivity contribution in [2.45, 2.75) is 19.9 Å². The molecule has 1 amide bonds. The van der Waals surface area contributed by atoms with Crippen molar-refractivity contribution in [1.29, 1.82) is 0 Å². The molecule has 1 N–H and O–H groups in total. The van der Waals surface area contributed by atoms with Crippen LogP contribution in [0.3, 0.4) is 0 Å². The molecular formula is C25H21N3O3. The number of benzene rings is 3. The van der Waals surface area contributed by atoms with Crippen LogP contribution in [0.15, 0.2) is 71.3 Å². The molecule has 0 spiro atoms. The van der Waals surface area contributed by atoms with Crippen LogP contribution >= 0.6 is 0 Å². The Morgan fingerprint density at radius 3 is 2.45 bits per heavy atom. The fraction of sp³-hybridized carbons (Fsp3) is 0.160. The molecule has 0 saturated carbocycles. The molecule has 0 saturated heterocycles. The average Bonchev–Trinajstić information content (AvgIpc) is 3.46. The van der Waals surface area contributed by atoms with Gasteiger partial charge >= 0.3 is 0 Å². The molecule has 1 aliphatic rings. The molecule has 31 heavy (non-hydrogen) atoms. The highest BCUT2D eigenvalue weighted by Crippen LogP contribution is 2.30. The zero-order chi connectivity index (χ0) is 21.2. The van der Waals surface area contributed by atoms with Gasteiger partial charge in [-0.05, 0) is 65.6 Å². The Balaban J connectivity index is 1.21. The van der Waals surface area contributed by atoms with Crippen molar-refractivity contribution in [3.8, 4) is 28.3 Å². The van der Waals surface area contributed by atoms with Crippen LogP contribution in [0.25, 0.3) is 22.6 Å². The molecule has 1 aromatic heterocycles. The third kappa shape index (κ3) is 4.05. The van der Waals surface area contributed by atoms with Crippen molar-refractivity contribution in [1.82, 2.24) is 15.5 Å². The summed E-state index contributed by atoms with van der Waals surface area (Å²) < 4.78 is 10.7. The second-order valence-electron chi connectivity index (χ2n) is 7.52. The number of fused-ring (bicyclic) bond motifs is 1. The summed E-state index contributed by atoms with van der Waals surface area (Å²) in [5.41, 5.74) is 5.99. The van der Waals surface area contributed by atoms with Gasteiger partial charge in [0.2, 0.25) is 0 Å². The Bertz CT molecular complexity index is 1230. The number of rotatable bonds is 5. The minimum Gasteiger partial charge on any atom is -0.493 e. The Morgan fingerprint density at radius 1 is 0.968 bits per heavy atom. The molecule has 3 aromatic carbocycles. The van der Waals surface area contributed by atoms with E-state index in [1.54, 1.807) is 31.2 Å². The minimum absolute atomic E-state index is 0.129. The van der Waals surface area contributed by atoms with Gasteiger partial charge in [-0.15, -0.1) is 0 Å². The Labute approximate surface area is 179 Å². The highest BCUT2D eigenvalue weighted by atomic mass is 16.5. The second-order valence-corrected chi connectivity index (χ2v) is 7.52. The molecule has 0 fully saturated rings. The summed E-state index contributed by atoms with van der Waals surface area (Å²) in [5, 5.41) is 6.75. The van der Waals surface area contributed by atoms with Gasteiger partial charge < -0.3 is 14.6 Å². The van der Waals surface area contributed by atoms with Gasteiger partial charge in [-0.3, -0.25) is 4.79 Å². The van der Waals surface area contributed by atoms with E-state index in [-0.39, 0.29) is 5.91 Å². The van der Waals surface area contributed by atoms with Crippen molar-refractivity contribution < 1.29 is 14.1 Å². The molecule has 0 atom stereocenters. The number of aromatic nitrogens is 2. The first-order valence-electron chi connectivity index (χ1n) is 10.2. The lowest BCUT2D eigenvalue weighted by atomic mass is 10.0. The number of carbonyl (C=O) groups is 1. The number of nitrogens with one attached hydrogen (secondary N) is 1. The molecule has 5 rings (SSSR count). The van der Waals surface area contributed by atoms with E-state index in [4.69, 9.17) is 9.26 Å². The fourth-order valence-corrected chi connectivity index (χ4v) is 3.64. The van der Waals surface area contributed by atoms with Gasteiger partial charge in [0.1, 0.15) is 5.75 Å². The van der Waals surface area contributed by atoms with E-state index < -0.39 is 0 Å². The number of hydrogen-bond donors (Lipinski definition) is 1. The summed E-state index contributed by atoms with van der Waals surface area (Å²) in [5.74, 6) is 1.88. The van der Waals surface area contributed by atoms with E-state index in [1.807, 2.05) is 18.2 Å². The Morgan fingerprint density at radius 2 is 1.71 bits per heavy atom.